The normalized spacial score (nSPS) is 14.8. The molecule has 1 aliphatic heterocycles. The first-order chi connectivity index (χ1) is 12.6. The van der Waals surface area contributed by atoms with Crippen LogP contribution >= 0.6 is 0 Å². The van der Waals surface area contributed by atoms with Crippen LogP contribution < -0.4 is 10.1 Å². The molecule has 138 valence electrons. The molecule has 0 spiro atoms. The number of urea groups is 1. The molecule has 0 radical (unpaired) electrons. The monoisotopic (exact) mass is 355 g/mol. The number of benzene rings is 2. The van der Waals surface area contributed by atoms with E-state index >= 15 is 0 Å². The van der Waals surface area contributed by atoms with Crippen molar-refractivity contribution in [2.45, 2.75) is 13.3 Å². The molecule has 0 aromatic heterocycles. The molecule has 26 heavy (non-hydrogen) atoms. The van der Waals surface area contributed by atoms with Gasteiger partial charge in [0, 0.05) is 38.5 Å². The molecule has 6 heteroatoms. The lowest BCUT2D eigenvalue weighted by Crippen LogP contribution is -2.43. The molecule has 0 bridgehead atoms. The van der Waals surface area contributed by atoms with Gasteiger partial charge >= 0.3 is 6.03 Å². The number of nitrogens with one attached hydrogen (secondary N) is 1. The molecule has 1 aliphatic rings. The van der Waals surface area contributed by atoms with Crippen LogP contribution in [0.25, 0.3) is 10.8 Å². The van der Waals surface area contributed by atoms with Crippen molar-refractivity contribution in [2.24, 2.45) is 0 Å². The Morgan fingerprint density at radius 3 is 2.58 bits per heavy atom. The van der Waals surface area contributed by atoms with Crippen molar-refractivity contribution < 1.29 is 14.3 Å². The van der Waals surface area contributed by atoms with Crippen LogP contribution in [0.3, 0.4) is 0 Å². The Morgan fingerprint density at radius 1 is 1.00 bits per heavy atom. The number of rotatable bonds is 4. The summed E-state index contributed by atoms with van der Waals surface area (Å²) in [5.41, 5.74) is 0. The van der Waals surface area contributed by atoms with Gasteiger partial charge in [-0.05, 0) is 17.9 Å². The van der Waals surface area contributed by atoms with Gasteiger partial charge in [-0.15, -0.1) is 0 Å². The summed E-state index contributed by atoms with van der Waals surface area (Å²) in [5, 5.41) is 5.10. The molecule has 2 aromatic carbocycles. The zero-order valence-corrected chi connectivity index (χ0v) is 15.1. The van der Waals surface area contributed by atoms with Crippen molar-refractivity contribution in [1.29, 1.82) is 0 Å². The fourth-order valence-electron chi connectivity index (χ4n) is 3.19. The smallest absolute Gasteiger partial charge is 0.317 e. The van der Waals surface area contributed by atoms with Gasteiger partial charge in [-0.3, -0.25) is 4.79 Å². The minimum absolute atomic E-state index is 0.0655. The van der Waals surface area contributed by atoms with Crippen LogP contribution in [0, 0.1) is 0 Å². The predicted molar refractivity (Wildman–Crippen MR) is 101 cm³/mol. The summed E-state index contributed by atoms with van der Waals surface area (Å²) in [6.45, 7) is 4.95. The maximum absolute atomic E-state index is 12.3. The van der Waals surface area contributed by atoms with E-state index in [-0.39, 0.29) is 11.9 Å². The maximum Gasteiger partial charge on any atom is 0.317 e. The van der Waals surface area contributed by atoms with E-state index in [1.54, 1.807) is 16.7 Å². The van der Waals surface area contributed by atoms with Crippen LogP contribution in [0.1, 0.15) is 13.3 Å². The molecule has 1 N–H and O–H groups in total. The highest BCUT2D eigenvalue weighted by molar-refractivity contribution is 5.88. The Kier molecular flexibility index (Phi) is 5.94. The van der Waals surface area contributed by atoms with E-state index in [0.29, 0.717) is 39.3 Å². The van der Waals surface area contributed by atoms with Crippen molar-refractivity contribution in [3.05, 3.63) is 42.5 Å². The lowest BCUT2D eigenvalue weighted by atomic mass is 10.1. The highest BCUT2D eigenvalue weighted by atomic mass is 16.5. The number of ether oxygens (including phenoxy) is 1. The number of fused-ring (bicyclic) bond motifs is 1. The fourth-order valence-corrected chi connectivity index (χ4v) is 3.19. The lowest BCUT2D eigenvalue weighted by molar-refractivity contribution is -0.128. The van der Waals surface area contributed by atoms with Crippen LogP contribution in [0.2, 0.25) is 0 Å². The summed E-state index contributed by atoms with van der Waals surface area (Å²) < 4.78 is 5.84. The van der Waals surface area contributed by atoms with Crippen molar-refractivity contribution in [1.82, 2.24) is 15.1 Å². The first-order valence-electron chi connectivity index (χ1n) is 9.04. The third-order valence-electron chi connectivity index (χ3n) is 4.61. The lowest BCUT2D eigenvalue weighted by Gasteiger charge is -2.21. The SMILES string of the molecule is CC(=O)N1CCCN(C(=O)NCCOc2cccc3ccccc23)CC1. The average molecular weight is 355 g/mol. The molecule has 3 rings (SSSR count). The van der Waals surface area contributed by atoms with Crippen LogP contribution in [0.5, 0.6) is 5.75 Å². The van der Waals surface area contributed by atoms with E-state index in [0.717, 1.165) is 22.9 Å². The standard InChI is InChI=1S/C20H25N3O3/c1-16(24)22-11-5-12-23(14-13-22)20(25)21-10-15-26-19-9-4-7-17-6-2-3-8-18(17)19/h2-4,6-9H,5,10-15H2,1H3,(H,21,25). The second kappa shape index (κ2) is 8.56. The van der Waals surface area contributed by atoms with Crippen molar-refractivity contribution in [3.63, 3.8) is 0 Å². The Labute approximate surface area is 153 Å². The van der Waals surface area contributed by atoms with Gasteiger partial charge in [-0.2, -0.15) is 0 Å². The number of carbonyl (C=O) groups excluding carboxylic acids is 2. The molecule has 6 nitrogen and oxygen atoms in total. The van der Waals surface area contributed by atoms with Gasteiger partial charge in [0.05, 0.1) is 6.54 Å². The molecule has 2 aromatic rings. The Morgan fingerprint density at radius 2 is 1.73 bits per heavy atom. The number of nitrogens with zero attached hydrogens (tertiary/aromatic N) is 2. The quantitative estimate of drug-likeness (QED) is 0.857. The van der Waals surface area contributed by atoms with Gasteiger partial charge in [0.25, 0.3) is 0 Å². The molecule has 1 heterocycles. The number of amides is 3. The zero-order valence-electron chi connectivity index (χ0n) is 15.1. The summed E-state index contributed by atoms with van der Waals surface area (Å²) in [7, 11) is 0. The van der Waals surface area contributed by atoms with Gasteiger partial charge in [0.15, 0.2) is 0 Å². The van der Waals surface area contributed by atoms with Gasteiger partial charge in [-0.25, -0.2) is 4.79 Å². The third-order valence-corrected chi connectivity index (χ3v) is 4.61. The molecular formula is C20H25N3O3. The molecule has 3 amide bonds. The molecular weight excluding hydrogens is 330 g/mol. The second-order valence-electron chi connectivity index (χ2n) is 6.40. The molecule has 1 saturated heterocycles. The summed E-state index contributed by atoms with van der Waals surface area (Å²) >= 11 is 0. The van der Waals surface area contributed by atoms with E-state index in [1.807, 2.05) is 42.5 Å². The van der Waals surface area contributed by atoms with E-state index in [9.17, 15) is 9.59 Å². The van der Waals surface area contributed by atoms with Crippen LogP contribution in [0.4, 0.5) is 4.79 Å². The van der Waals surface area contributed by atoms with E-state index in [4.69, 9.17) is 4.74 Å². The number of hydrogen-bond acceptors (Lipinski definition) is 3. The second-order valence-corrected chi connectivity index (χ2v) is 6.40. The topological polar surface area (TPSA) is 61.9 Å². The Hall–Kier alpha value is -2.76. The molecule has 0 unspecified atom stereocenters. The first kappa shape index (κ1) is 18.0. The largest absolute Gasteiger partial charge is 0.491 e. The van der Waals surface area contributed by atoms with Gasteiger partial charge in [-0.1, -0.05) is 36.4 Å². The first-order valence-corrected chi connectivity index (χ1v) is 9.04. The third kappa shape index (κ3) is 4.45. The summed E-state index contributed by atoms with van der Waals surface area (Å²) in [6, 6.07) is 13.9. The van der Waals surface area contributed by atoms with E-state index in [2.05, 4.69) is 5.32 Å². The van der Waals surface area contributed by atoms with Gasteiger partial charge < -0.3 is 19.9 Å². The minimum Gasteiger partial charge on any atom is -0.491 e. The summed E-state index contributed by atoms with van der Waals surface area (Å²) in [4.78, 5) is 27.3. The summed E-state index contributed by atoms with van der Waals surface area (Å²) in [5.74, 6) is 0.889. The van der Waals surface area contributed by atoms with Crippen molar-refractivity contribution in [2.75, 3.05) is 39.3 Å². The molecule has 0 saturated carbocycles. The number of hydrogen-bond donors (Lipinski definition) is 1. The van der Waals surface area contributed by atoms with Crippen LogP contribution in [0.15, 0.2) is 42.5 Å². The van der Waals surface area contributed by atoms with E-state index < -0.39 is 0 Å². The highest BCUT2D eigenvalue weighted by Crippen LogP contribution is 2.24. The molecule has 1 fully saturated rings. The highest BCUT2D eigenvalue weighted by Gasteiger charge is 2.19. The predicted octanol–water partition coefficient (Wildman–Crippen LogP) is 2.48. The maximum atomic E-state index is 12.3. The average Bonchev–Trinajstić information content (AvgIpc) is 2.91. The van der Waals surface area contributed by atoms with Gasteiger partial charge in [0.1, 0.15) is 12.4 Å². The minimum atomic E-state index is -0.100. The van der Waals surface area contributed by atoms with Crippen molar-refractivity contribution >= 4 is 22.7 Å². The molecule has 0 atom stereocenters. The zero-order chi connectivity index (χ0) is 18.4. The Balaban J connectivity index is 1.46. The van der Waals surface area contributed by atoms with Crippen molar-refractivity contribution in [3.8, 4) is 5.75 Å². The fraction of sp³-hybridized carbons (Fsp3) is 0.400. The summed E-state index contributed by atoms with van der Waals surface area (Å²) in [6.07, 6.45) is 0.805. The molecule has 0 aliphatic carbocycles. The van der Waals surface area contributed by atoms with Crippen LogP contribution in [-0.2, 0) is 4.79 Å². The van der Waals surface area contributed by atoms with Gasteiger partial charge in [0.2, 0.25) is 5.91 Å². The van der Waals surface area contributed by atoms with Crippen LogP contribution in [-0.4, -0.2) is 61.1 Å². The Bertz CT molecular complexity index is 772. The van der Waals surface area contributed by atoms with E-state index in [1.165, 1.54) is 0 Å². The number of carbonyl (C=O) groups is 2.